The van der Waals surface area contributed by atoms with E-state index in [2.05, 4.69) is 15.5 Å². The van der Waals surface area contributed by atoms with E-state index in [0.29, 0.717) is 24.8 Å². The third kappa shape index (κ3) is 3.66. The molecule has 7 nitrogen and oxygen atoms in total. The first kappa shape index (κ1) is 18.7. The first-order chi connectivity index (χ1) is 13.4. The summed E-state index contributed by atoms with van der Waals surface area (Å²) in [5.74, 6) is 0.636. The van der Waals surface area contributed by atoms with Crippen molar-refractivity contribution in [2.45, 2.75) is 58.0 Å². The average Bonchev–Trinajstić information content (AvgIpc) is 3.39. The van der Waals surface area contributed by atoms with Gasteiger partial charge in [0.1, 0.15) is 5.54 Å². The van der Waals surface area contributed by atoms with Gasteiger partial charge in [-0.3, -0.25) is 9.59 Å². The van der Waals surface area contributed by atoms with Crippen molar-refractivity contribution in [3.05, 3.63) is 47.1 Å². The van der Waals surface area contributed by atoms with Gasteiger partial charge in [0, 0.05) is 26.4 Å². The highest BCUT2D eigenvalue weighted by atomic mass is 16.5. The molecule has 1 aromatic carbocycles. The Kier molecular flexibility index (Phi) is 4.91. The van der Waals surface area contributed by atoms with E-state index in [9.17, 15) is 9.59 Å². The number of benzene rings is 1. The minimum atomic E-state index is -0.567. The van der Waals surface area contributed by atoms with Gasteiger partial charge < -0.3 is 14.7 Å². The molecule has 1 N–H and O–H groups in total. The molecule has 2 fully saturated rings. The molecule has 0 radical (unpaired) electrons. The smallest absolute Gasteiger partial charge is 0.226 e. The zero-order valence-electron chi connectivity index (χ0n) is 16.4. The van der Waals surface area contributed by atoms with E-state index in [1.165, 1.54) is 5.56 Å². The SMILES string of the molecule is Cc1ccc(CN2C[C@H](C(=O)NC3(c4noc(C)n4)CCCC3)CC2=O)cc1. The van der Waals surface area contributed by atoms with Gasteiger partial charge in [0.2, 0.25) is 17.7 Å². The first-order valence-corrected chi connectivity index (χ1v) is 9.91. The summed E-state index contributed by atoms with van der Waals surface area (Å²) in [4.78, 5) is 31.6. The maximum absolute atomic E-state index is 13.0. The Labute approximate surface area is 164 Å². The first-order valence-electron chi connectivity index (χ1n) is 9.91. The number of rotatable bonds is 5. The topological polar surface area (TPSA) is 88.3 Å². The Balaban J connectivity index is 1.43. The van der Waals surface area contributed by atoms with E-state index in [4.69, 9.17) is 4.52 Å². The van der Waals surface area contributed by atoms with E-state index in [1.807, 2.05) is 31.2 Å². The zero-order valence-corrected chi connectivity index (χ0v) is 16.4. The molecular weight excluding hydrogens is 356 g/mol. The molecule has 2 amide bonds. The number of aryl methyl sites for hydroxylation is 2. The van der Waals surface area contributed by atoms with Crippen LogP contribution in [0, 0.1) is 19.8 Å². The molecule has 2 heterocycles. The number of carbonyl (C=O) groups excluding carboxylic acids is 2. The maximum atomic E-state index is 13.0. The highest BCUT2D eigenvalue weighted by molar-refractivity contribution is 5.89. The largest absolute Gasteiger partial charge is 0.343 e. The fourth-order valence-electron chi connectivity index (χ4n) is 4.23. The van der Waals surface area contributed by atoms with Crippen LogP contribution in [0.15, 0.2) is 28.8 Å². The summed E-state index contributed by atoms with van der Waals surface area (Å²) in [5, 5.41) is 7.24. The Morgan fingerprint density at radius 3 is 2.61 bits per heavy atom. The van der Waals surface area contributed by atoms with E-state index >= 15 is 0 Å². The van der Waals surface area contributed by atoms with E-state index in [0.717, 1.165) is 31.2 Å². The van der Waals surface area contributed by atoms with Gasteiger partial charge >= 0.3 is 0 Å². The molecule has 1 atom stereocenters. The Bertz CT molecular complexity index is 868. The number of likely N-dealkylation sites (tertiary alicyclic amines) is 1. The average molecular weight is 382 g/mol. The molecule has 0 bridgehead atoms. The molecule has 1 aromatic heterocycles. The van der Waals surface area contributed by atoms with Crippen molar-refractivity contribution in [3.63, 3.8) is 0 Å². The van der Waals surface area contributed by atoms with Crippen LogP contribution >= 0.6 is 0 Å². The van der Waals surface area contributed by atoms with Crippen LogP contribution in [0.2, 0.25) is 0 Å². The second kappa shape index (κ2) is 7.37. The summed E-state index contributed by atoms with van der Waals surface area (Å²) in [6.45, 7) is 4.77. The van der Waals surface area contributed by atoms with Gasteiger partial charge in [0.05, 0.1) is 5.92 Å². The van der Waals surface area contributed by atoms with Crippen LogP contribution in [0.3, 0.4) is 0 Å². The van der Waals surface area contributed by atoms with Gasteiger partial charge in [-0.05, 0) is 25.3 Å². The Morgan fingerprint density at radius 1 is 1.25 bits per heavy atom. The lowest BCUT2D eigenvalue weighted by atomic mass is 9.94. The lowest BCUT2D eigenvalue weighted by molar-refractivity contribution is -0.130. The number of hydrogen-bond donors (Lipinski definition) is 1. The normalized spacial score (nSPS) is 21.3. The molecule has 7 heteroatoms. The lowest BCUT2D eigenvalue weighted by Gasteiger charge is -2.28. The minimum absolute atomic E-state index is 0.0246. The zero-order chi connectivity index (χ0) is 19.7. The van der Waals surface area contributed by atoms with Crippen LogP contribution in [-0.2, 0) is 21.7 Å². The highest BCUT2D eigenvalue weighted by Crippen LogP contribution is 2.38. The number of aromatic nitrogens is 2. The fraction of sp³-hybridized carbons (Fsp3) is 0.524. The molecule has 0 unspecified atom stereocenters. The third-order valence-electron chi connectivity index (χ3n) is 5.85. The Hall–Kier alpha value is -2.70. The van der Waals surface area contributed by atoms with Gasteiger partial charge in [-0.25, -0.2) is 0 Å². The summed E-state index contributed by atoms with van der Waals surface area (Å²) >= 11 is 0. The van der Waals surface area contributed by atoms with Crippen LogP contribution in [0.5, 0.6) is 0 Å². The van der Waals surface area contributed by atoms with Gasteiger partial charge in [0.15, 0.2) is 5.82 Å². The molecule has 2 aliphatic rings. The van der Waals surface area contributed by atoms with Gasteiger partial charge in [-0.2, -0.15) is 4.98 Å². The van der Waals surface area contributed by atoms with Crippen molar-refractivity contribution in [1.82, 2.24) is 20.4 Å². The monoisotopic (exact) mass is 382 g/mol. The molecule has 1 aliphatic heterocycles. The molecule has 1 saturated heterocycles. The summed E-state index contributed by atoms with van der Waals surface area (Å²) in [7, 11) is 0. The van der Waals surface area contributed by atoms with Crippen molar-refractivity contribution >= 4 is 11.8 Å². The van der Waals surface area contributed by atoms with Crippen molar-refractivity contribution in [1.29, 1.82) is 0 Å². The van der Waals surface area contributed by atoms with Crippen LogP contribution in [0.1, 0.15) is 54.9 Å². The summed E-state index contributed by atoms with van der Waals surface area (Å²) in [6, 6.07) is 8.14. The maximum Gasteiger partial charge on any atom is 0.226 e. The second-order valence-corrected chi connectivity index (χ2v) is 8.08. The lowest BCUT2D eigenvalue weighted by Crippen LogP contribution is -2.47. The molecule has 4 rings (SSSR count). The van der Waals surface area contributed by atoms with Crippen molar-refractivity contribution in [2.24, 2.45) is 5.92 Å². The number of hydrogen-bond acceptors (Lipinski definition) is 5. The summed E-state index contributed by atoms with van der Waals surface area (Å²) in [6.07, 6.45) is 3.87. The van der Waals surface area contributed by atoms with Gasteiger partial charge in [-0.15, -0.1) is 0 Å². The van der Waals surface area contributed by atoms with Crippen molar-refractivity contribution < 1.29 is 14.1 Å². The minimum Gasteiger partial charge on any atom is -0.343 e. The van der Waals surface area contributed by atoms with E-state index in [-0.39, 0.29) is 24.2 Å². The number of nitrogens with one attached hydrogen (secondary N) is 1. The van der Waals surface area contributed by atoms with Crippen molar-refractivity contribution in [3.8, 4) is 0 Å². The quantitative estimate of drug-likeness (QED) is 0.859. The molecule has 0 spiro atoms. The van der Waals surface area contributed by atoms with E-state index < -0.39 is 5.54 Å². The fourth-order valence-corrected chi connectivity index (χ4v) is 4.23. The van der Waals surface area contributed by atoms with Crippen LogP contribution in [0.4, 0.5) is 0 Å². The van der Waals surface area contributed by atoms with Crippen LogP contribution < -0.4 is 5.32 Å². The van der Waals surface area contributed by atoms with Crippen LogP contribution in [0.25, 0.3) is 0 Å². The number of carbonyl (C=O) groups is 2. The molecule has 1 aliphatic carbocycles. The highest BCUT2D eigenvalue weighted by Gasteiger charge is 2.44. The third-order valence-corrected chi connectivity index (χ3v) is 5.85. The number of nitrogens with zero attached hydrogens (tertiary/aromatic N) is 3. The molecule has 148 valence electrons. The van der Waals surface area contributed by atoms with Gasteiger partial charge in [0.25, 0.3) is 0 Å². The second-order valence-electron chi connectivity index (χ2n) is 8.08. The molecule has 28 heavy (non-hydrogen) atoms. The van der Waals surface area contributed by atoms with E-state index in [1.54, 1.807) is 11.8 Å². The number of amides is 2. The summed E-state index contributed by atoms with van der Waals surface area (Å²) in [5.41, 5.74) is 1.70. The predicted octanol–water partition coefficient (Wildman–Crippen LogP) is 2.62. The van der Waals surface area contributed by atoms with Crippen LogP contribution in [-0.4, -0.2) is 33.4 Å². The van der Waals surface area contributed by atoms with Gasteiger partial charge in [-0.1, -0.05) is 47.8 Å². The summed E-state index contributed by atoms with van der Waals surface area (Å²) < 4.78 is 5.14. The molecular formula is C21H26N4O3. The predicted molar refractivity (Wildman–Crippen MR) is 102 cm³/mol. The van der Waals surface area contributed by atoms with Crippen molar-refractivity contribution in [2.75, 3.05) is 6.54 Å². The Morgan fingerprint density at radius 2 is 1.96 bits per heavy atom. The standard InChI is InChI=1S/C21H26N4O3/c1-14-5-7-16(8-6-14)12-25-13-17(11-18(25)26)19(27)23-21(9-3-4-10-21)20-22-15(2)28-24-20/h5-8,17H,3-4,9-13H2,1-2H3,(H,23,27)/t17-/m1/s1. The molecule has 1 saturated carbocycles. The molecule has 2 aromatic rings.